The molecular formula is C17H20N2O2. The Morgan fingerprint density at radius 1 is 1.24 bits per heavy atom. The molecule has 0 aliphatic heterocycles. The monoisotopic (exact) mass is 284 g/mol. The zero-order chi connectivity index (χ0) is 14.9. The number of hydrogen-bond donors (Lipinski definition) is 2. The molecule has 0 bridgehead atoms. The normalized spacial score (nSPS) is 17.3. The zero-order valence-electron chi connectivity index (χ0n) is 12.1. The first-order chi connectivity index (χ1) is 10.2. The number of aromatic nitrogens is 1. The van der Waals surface area contributed by atoms with Gasteiger partial charge in [-0.25, -0.2) is 4.98 Å². The van der Waals surface area contributed by atoms with E-state index in [2.05, 4.69) is 17.1 Å². The second-order valence-corrected chi connectivity index (χ2v) is 5.73. The first kappa shape index (κ1) is 14.0. The minimum absolute atomic E-state index is 0.347. The van der Waals surface area contributed by atoms with Crippen LogP contribution in [-0.4, -0.2) is 23.7 Å². The minimum Gasteiger partial charge on any atom is -0.481 e. The molecule has 3 rings (SSSR count). The predicted molar refractivity (Wildman–Crippen MR) is 81.1 cm³/mol. The van der Waals surface area contributed by atoms with Crippen LogP contribution in [0.25, 0.3) is 0 Å². The number of ether oxygens (including phenoxy) is 1. The molecule has 0 radical (unpaired) electrons. The van der Waals surface area contributed by atoms with E-state index < -0.39 is 6.10 Å². The molecule has 1 heterocycles. The maximum atomic E-state index is 10.8. The number of nitrogens with zero attached hydrogens (tertiary/aromatic N) is 1. The molecular weight excluding hydrogens is 264 g/mol. The highest BCUT2D eigenvalue weighted by atomic mass is 16.5. The fourth-order valence-corrected chi connectivity index (χ4v) is 3.20. The van der Waals surface area contributed by atoms with Gasteiger partial charge in [0.2, 0.25) is 5.88 Å². The van der Waals surface area contributed by atoms with Gasteiger partial charge in [0, 0.05) is 24.2 Å². The number of fused-ring (bicyclic) bond motifs is 1. The number of aliphatic hydroxyl groups excluding tert-OH is 1. The Labute approximate surface area is 124 Å². The van der Waals surface area contributed by atoms with Crippen molar-refractivity contribution in [2.45, 2.75) is 18.9 Å². The van der Waals surface area contributed by atoms with Crippen molar-refractivity contribution in [3.63, 3.8) is 0 Å². The van der Waals surface area contributed by atoms with Crippen LogP contribution in [0.15, 0.2) is 42.6 Å². The Bertz CT molecular complexity index is 600. The van der Waals surface area contributed by atoms with E-state index in [0.29, 0.717) is 12.4 Å². The van der Waals surface area contributed by atoms with Gasteiger partial charge in [-0.3, -0.25) is 0 Å². The van der Waals surface area contributed by atoms with E-state index in [9.17, 15) is 5.11 Å². The average molecular weight is 284 g/mol. The molecule has 0 amide bonds. The first-order valence-corrected chi connectivity index (χ1v) is 7.13. The molecule has 0 saturated heterocycles. The van der Waals surface area contributed by atoms with Crippen LogP contribution in [-0.2, 0) is 12.8 Å². The van der Waals surface area contributed by atoms with E-state index in [1.807, 2.05) is 18.2 Å². The number of rotatable bonds is 4. The van der Waals surface area contributed by atoms with Crippen molar-refractivity contribution in [1.29, 1.82) is 0 Å². The van der Waals surface area contributed by atoms with Crippen molar-refractivity contribution < 1.29 is 9.84 Å². The van der Waals surface area contributed by atoms with Gasteiger partial charge >= 0.3 is 0 Å². The molecule has 1 atom stereocenters. The largest absolute Gasteiger partial charge is 0.481 e. The van der Waals surface area contributed by atoms with Crippen LogP contribution >= 0.6 is 0 Å². The van der Waals surface area contributed by atoms with Crippen molar-refractivity contribution in [3.8, 4) is 5.88 Å². The van der Waals surface area contributed by atoms with E-state index in [0.717, 1.165) is 18.4 Å². The Balaban J connectivity index is 1.90. The lowest BCUT2D eigenvalue weighted by atomic mass is 9.76. The zero-order valence-corrected chi connectivity index (χ0v) is 12.1. The molecule has 1 unspecified atom stereocenters. The van der Waals surface area contributed by atoms with E-state index in [4.69, 9.17) is 10.5 Å². The molecule has 4 nitrogen and oxygen atoms in total. The van der Waals surface area contributed by atoms with Crippen LogP contribution in [0.5, 0.6) is 5.88 Å². The molecule has 110 valence electrons. The number of benzene rings is 1. The molecule has 1 aliphatic carbocycles. The summed E-state index contributed by atoms with van der Waals surface area (Å²) in [6.07, 6.45) is 2.64. The second-order valence-electron chi connectivity index (χ2n) is 5.73. The average Bonchev–Trinajstić information content (AvgIpc) is 2.94. The van der Waals surface area contributed by atoms with Crippen molar-refractivity contribution >= 4 is 0 Å². The van der Waals surface area contributed by atoms with Crippen LogP contribution < -0.4 is 10.5 Å². The summed E-state index contributed by atoms with van der Waals surface area (Å²) in [6, 6.07) is 11.9. The van der Waals surface area contributed by atoms with Crippen LogP contribution in [0, 0.1) is 5.41 Å². The van der Waals surface area contributed by atoms with Crippen LogP contribution in [0.1, 0.15) is 22.8 Å². The van der Waals surface area contributed by atoms with Crippen molar-refractivity contribution in [3.05, 3.63) is 59.3 Å². The molecule has 2 aromatic rings. The van der Waals surface area contributed by atoms with Crippen LogP contribution in [0.3, 0.4) is 0 Å². The number of hydrogen-bond acceptors (Lipinski definition) is 4. The van der Waals surface area contributed by atoms with Gasteiger partial charge < -0.3 is 15.6 Å². The highest BCUT2D eigenvalue weighted by Crippen LogP contribution is 2.45. The third-order valence-electron chi connectivity index (χ3n) is 4.47. The number of aliphatic hydroxyl groups is 1. The maximum absolute atomic E-state index is 10.8. The highest BCUT2D eigenvalue weighted by molar-refractivity contribution is 5.36. The lowest BCUT2D eigenvalue weighted by Gasteiger charge is -2.33. The summed E-state index contributed by atoms with van der Waals surface area (Å²) in [5.41, 5.74) is 9.04. The summed E-state index contributed by atoms with van der Waals surface area (Å²) in [6.45, 7) is 0.439. The highest BCUT2D eigenvalue weighted by Gasteiger charge is 2.42. The summed E-state index contributed by atoms with van der Waals surface area (Å²) in [5, 5.41) is 10.8. The van der Waals surface area contributed by atoms with Crippen LogP contribution in [0.4, 0.5) is 0 Å². The number of nitrogens with two attached hydrogens (primary N) is 1. The maximum Gasteiger partial charge on any atom is 0.212 e. The molecule has 1 aromatic carbocycles. The Kier molecular flexibility index (Phi) is 3.66. The van der Waals surface area contributed by atoms with Gasteiger partial charge in [-0.05, 0) is 35.6 Å². The van der Waals surface area contributed by atoms with E-state index in [1.165, 1.54) is 11.1 Å². The van der Waals surface area contributed by atoms with Gasteiger partial charge in [0.1, 0.15) is 0 Å². The molecule has 0 saturated carbocycles. The SMILES string of the molecule is COc1ccc(C(O)C2(CN)Cc3ccccc3C2)cn1. The lowest BCUT2D eigenvalue weighted by molar-refractivity contribution is 0.0355. The molecule has 0 fully saturated rings. The second kappa shape index (κ2) is 5.47. The van der Waals surface area contributed by atoms with Gasteiger partial charge in [0.15, 0.2) is 0 Å². The summed E-state index contributed by atoms with van der Waals surface area (Å²) < 4.78 is 5.06. The minimum atomic E-state index is -0.631. The fourth-order valence-electron chi connectivity index (χ4n) is 3.20. The third kappa shape index (κ3) is 2.41. The van der Waals surface area contributed by atoms with Crippen molar-refractivity contribution in [2.75, 3.05) is 13.7 Å². The van der Waals surface area contributed by atoms with E-state index in [-0.39, 0.29) is 5.41 Å². The quantitative estimate of drug-likeness (QED) is 0.899. The number of methoxy groups -OCH3 is 1. The van der Waals surface area contributed by atoms with Crippen molar-refractivity contribution in [1.82, 2.24) is 4.98 Å². The molecule has 3 N–H and O–H groups in total. The Hall–Kier alpha value is -1.91. The van der Waals surface area contributed by atoms with E-state index >= 15 is 0 Å². The predicted octanol–water partition coefficient (Wildman–Crippen LogP) is 1.87. The van der Waals surface area contributed by atoms with Gasteiger partial charge in [-0.2, -0.15) is 0 Å². The fraction of sp³-hybridized carbons (Fsp3) is 0.353. The topological polar surface area (TPSA) is 68.4 Å². The Morgan fingerprint density at radius 3 is 2.38 bits per heavy atom. The van der Waals surface area contributed by atoms with Gasteiger partial charge in [0.25, 0.3) is 0 Å². The van der Waals surface area contributed by atoms with Crippen molar-refractivity contribution in [2.24, 2.45) is 11.1 Å². The lowest BCUT2D eigenvalue weighted by Crippen LogP contribution is -2.37. The molecule has 4 heteroatoms. The molecule has 1 aromatic heterocycles. The molecule has 0 spiro atoms. The molecule has 21 heavy (non-hydrogen) atoms. The van der Waals surface area contributed by atoms with Gasteiger partial charge in [-0.1, -0.05) is 24.3 Å². The Morgan fingerprint density at radius 2 is 1.90 bits per heavy atom. The van der Waals surface area contributed by atoms with Gasteiger partial charge in [-0.15, -0.1) is 0 Å². The first-order valence-electron chi connectivity index (χ1n) is 7.13. The summed E-state index contributed by atoms with van der Waals surface area (Å²) in [5.74, 6) is 0.544. The van der Waals surface area contributed by atoms with Gasteiger partial charge in [0.05, 0.1) is 13.2 Å². The smallest absolute Gasteiger partial charge is 0.212 e. The summed E-state index contributed by atoms with van der Waals surface area (Å²) >= 11 is 0. The van der Waals surface area contributed by atoms with Crippen LogP contribution in [0.2, 0.25) is 0 Å². The molecule has 1 aliphatic rings. The third-order valence-corrected chi connectivity index (χ3v) is 4.47. The standard InChI is InChI=1S/C17H20N2O2/c1-21-15-7-6-14(10-19-15)16(20)17(11-18)8-12-4-2-3-5-13(12)9-17/h2-7,10,16,20H,8-9,11,18H2,1H3. The summed E-state index contributed by atoms with van der Waals surface area (Å²) in [4.78, 5) is 4.18. The number of pyridine rings is 1. The summed E-state index contributed by atoms with van der Waals surface area (Å²) in [7, 11) is 1.58. The van der Waals surface area contributed by atoms with E-state index in [1.54, 1.807) is 19.4 Å².